The number of likely N-dealkylation sites (N-methyl/N-ethyl adjacent to an activating group) is 1. The number of rotatable bonds is 4. The van der Waals surface area contributed by atoms with Crippen molar-refractivity contribution in [2.75, 3.05) is 27.2 Å². The van der Waals surface area contributed by atoms with Crippen molar-refractivity contribution in [2.24, 2.45) is 11.3 Å². The number of hydrogen-bond donors (Lipinski definition) is 1. The van der Waals surface area contributed by atoms with Crippen LogP contribution in [0.2, 0.25) is 0 Å². The van der Waals surface area contributed by atoms with E-state index in [0.29, 0.717) is 17.5 Å². The van der Waals surface area contributed by atoms with Crippen molar-refractivity contribution in [3.05, 3.63) is 0 Å². The lowest BCUT2D eigenvalue weighted by molar-refractivity contribution is -0.0340. The molecule has 1 saturated carbocycles. The predicted molar refractivity (Wildman–Crippen MR) is 89.5 cm³/mol. The normalized spacial score (nSPS) is 33.6. The number of nitrogens with zero attached hydrogens (tertiary/aromatic N) is 2. The maximum atomic E-state index is 10.5. The third-order valence-corrected chi connectivity index (χ3v) is 6.58. The first kappa shape index (κ1) is 17.2. The molecule has 2 aliphatic rings. The second-order valence-corrected chi connectivity index (χ2v) is 8.19. The maximum Gasteiger partial charge on any atom is 0.0695 e. The predicted octanol–water partition coefficient (Wildman–Crippen LogP) is 2.98. The van der Waals surface area contributed by atoms with Crippen molar-refractivity contribution in [3.8, 4) is 0 Å². The van der Waals surface area contributed by atoms with E-state index in [1.54, 1.807) is 0 Å². The topological polar surface area (TPSA) is 26.7 Å². The van der Waals surface area contributed by atoms with Gasteiger partial charge in [-0.2, -0.15) is 0 Å². The third-order valence-electron chi connectivity index (χ3n) is 6.58. The summed E-state index contributed by atoms with van der Waals surface area (Å²) in [5, 5.41) is 10.5. The largest absolute Gasteiger partial charge is 0.391 e. The molecular weight excluding hydrogens is 260 g/mol. The van der Waals surface area contributed by atoms with Crippen LogP contribution >= 0.6 is 0 Å². The highest BCUT2D eigenvalue weighted by molar-refractivity contribution is 4.93. The zero-order valence-electron chi connectivity index (χ0n) is 14.8. The molecule has 0 radical (unpaired) electrons. The molecule has 3 atom stereocenters. The van der Waals surface area contributed by atoms with Crippen LogP contribution in [0.3, 0.4) is 0 Å². The lowest BCUT2D eigenvalue weighted by Crippen LogP contribution is -2.53. The van der Waals surface area contributed by atoms with Gasteiger partial charge in [-0.1, -0.05) is 27.2 Å². The fourth-order valence-electron chi connectivity index (χ4n) is 4.24. The van der Waals surface area contributed by atoms with Crippen LogP contribution in [0, 0.1) is 11.3 Å². The Kier molecular flexibility index (Phi) is 5.72. The van der Waals surface area contributed by atoms with Gasteiger partial charge in [-0.25, -0.2) is 0 Å². The third kappa shape index (κ3) is 4.00. The van der Waals surface area contributed by atoms with Gasteiger partial charge in [0.15, 0.2) is 0 Å². The van der Waals surface area contributed by atoms with Gasteiger partial charge < -0.3 is 10.0 Å². The van der Waals surface area contributed by atoms with Gasteiger partial charge in [-0.05, 0) is 70.6 Å². The minimum atomic E-state index is -0.126. The van der Waals surface area contributed by atoms with E-state index in [4.69, 9.17) is 0 Å². The van der Waals surface area contributed by atoms with E-state index in [9.17, 15) is 5.11 Å². The van der Waals surface area contributed by atoms with Crippen molar-refractivity contribution in [2.45, 2.75) is 77.5 Å². The molecule has 1 N–H and O–H groups in total. The standard InChI is InChI=1S/C18H36N2O/c1-6-18(2,3)14-7-8-17(21)16(13-14)20(5)15-9-11-19(4)12-10-15/h14-17,21H,6-13H2,1-5H3. The first-order chi connectivity index (χ1) is 9.85. The minimum Gasteiger partial charge on any atom is -0.391 e. The Morgan fingerprint density at radius 1 is 1.14 bits per heavy atom. The van der Waals surface area contributed by atoms with Crippen LogP contribution in [0.1, 0.15) is 59.3 Å². The summed E-state index contributed by atoms with van der Waals surface area (Å²) in [4.78, 5) is 4.94. The lowest BCUT2D eigenvalue weighted by atomic mass is 9.67. The maximum absolute atomic E-state index is 10.5. The average molecular weight is 296 g/mol. The van der Waals surface area contributed by atoms with Gasteiger partial charge in [0.1, 0.15) is 0 Å². The fourth-order valence-corrected chi connectivity index (χ4v) is 4.24. The zero-order chi connectivity index (χ0) is 15.6. The van der Waals surface area contributed by atoms with Crippen molar-refractivity contribution in [3.63, 3.8) is 0 Å². The molecule has 3 heteroatoms. The number of aliphatic hydroxyl groups is 1. The van der Waals surface area contributed by atoms with Crippen LogP contribution in [0.15, 0.2) is 0 Å². The van der Waals surface area contributed by atoms with Crippen molar-refractivity contribution >= 4 is 0 Å². The van der Waals surface area contributed by atoms with Crippen LogP contribution in [-0.2, 0) is 0 Å². The number of aliphatic hydroxyl groups excluding tert-OH is 1. The minimum absolute atomic E-state index is 0.126. The van der Waals surface area contributed by atoms with Gasteiger partial charge in [0.2, 0.25) is 0 Å². The number of hydrogen-bond acceptors (Lipinski definition) is 3. The van der Waals surface area contributed by atoms with Crippen LogP contribution in [0.25, 0.3) is 0 Å². The van der Waals surface area contributed by atoms with Gasteiger partial charge in [-0.15, -0.1) is 0 Å². The highest BCUT2D eigenvalue weighted by atomic mass is 16.3. The van der Waals surface area contributed by atoms with E-state index in [-0.39, 0.29) is 6.10 Å². The van der Waals surface area contributed by atoms with Gasteiger partial charge >= 0.3 is 0 Å². The molecule has 0 aromatic rings. The van der Waals surface area contributed by atoms with Gasteiger partial charge in [0, 0.05) is 12.1 Å². The molecule has 1 aliphatic carbocycles. The second-order valence-electron chi connectivity index (χ2n) is 8.19. The van der Waals surface area contributed by atoms with Crippen LogP contribution < -0.4 is 0 Å². The first-order valence-electron chi connectivity index (χ1n) is 8.93. The summed E-state index contributed by atoms with van der Waals surface area (Å²) in [6.07, 6.45) is 6.95. The highest BCUT2D eigenvalue weighted by Gasteiger charge is 2.39. The monoisotopic (exact) mass is 296 g/mol. The van der Waals surface area contributed by atoms with Gasteiger partial charge in [0.25, 0.3) is 0 Å². The molecule has 1 aliphatic heterocycles. The molecular formula is C18H36N2O. The van der Waals surface area contributed by atoms with E-state index in [1.165, 1.54) is 45.2 Å². The SMILES string of the molecule is CCC(C)(C)C1CCC(O)C(N(C)C2CCN(C)CC2)C1. The molecule has 0 spiro atoms. The second kappa shape index (κ2) is 6.97. The fraction of sp³-hybridized carbons (Fsp3) is 1.00. The lowest BCUT2D eigenvalue weighted by Gasteiger charge is -2.47. The molecule has 1 heterocycles. The van der Waals surface area contributed by atoms with Gasteiger partial charge in [-0.3, -0.25) is 4.90 Å². The zero-order valence-corrected chi connectivity index (χ0v) is 14.8. The molecule has 2 rings (SSSR count). The van der Waals surface area contributed by atoms with E-state index in [0.717, 1.165) is 12.3 Å². The van der Waals surface area contributed by atoms with E-state index in [1.807, 2.05) is 0 Å². The Labute approximate surface area is 131 Å². The molecule has 0 bridgehead atoms. The summed E-state index contributed by atoms with van der Waals surface area (Å²) in [5.74, 6) is 0.754. The summed E-state index contributed by atoms with van der Waals surface area (Å²) in [7, 11) is 4.47. The van der Waals surface area contributed by atoms with Crippen LogP contribution in [-0.4, -0.2) is 60.3 Å². The summed E-state index contributed by atoms with van der Waals surface area (Å²) >= 11 is 0. The quantitative estimate of drug-likeness (QED) is 0.864. The summed E-state index contributed by atoms with van der Waals surface area (Å²) in [6, 6.07) is 1.02. The molecule has 3 unspecified atom stereocenters. The Balaban J connectivity index is 1.99. The molecule has 0 aromatic carbocycles. The van der Waals surface area contributed by atoms with Gasteiger partial charge in [0.05, 0.1) is 6.10 Å². The Bertz CT molecular complexity index is 323. The number of piperidine rings is 1. The van der Waals surface area contributed by atoms with E-state index in [2.05, 4.69) is 44.7 Å². The smallest absolute Gasteiger partial charge is 0.0695 e. The summed E-state index contributed by atoms with van der Waals surface area (Å²) in [6.45, 7) is 9.51. The van der Waals surface area contributed by atoms with E-state index < -0.39 is 0 Å². The molecule has 124 valence electrons. The molecule has 0 aromatic heterocycles. The number of likely N-dealkylation sites (tertiary alicyclic amines) is 1. The highest BCUT2D eigenvalue weighted by Crippen LogP contribution is 2.42. The van der Waals surface area contributed by atoms with Crippen LogP contribution in [0.5, 0.6) is 0 Å². The molecule has 21 heavy (non-hydrogen) atoms. The summed E-state index contributed by atoms with van der Waals surface area (Å²) in [5.41, 5.74) is 0.409. The Morgan fingerprint density at radius 3 is 2.33 bits per heavy atom. The van der Waals surface area contributed by atoms with Crippen molar-refractivity contribution in [1.82, 2.24) is 9.80 Å². The first-order valence-corrected chi connectivity index (χ1v) is 8.93. The summed E-state index contributed by atoms with van der Waals surface area (Å²) < 4.78 is 0. The molecule has 3 nitrogen and oxygen atoms in total. The average Bonchev–Trinajstić information content (AvgIpc) is 2.47. The Morgan fingerprint density at radius 2 is 1.76 bits per heavy atom. The molecule has 2 fully saturated rings. The molecule has 1 saturated heterocycles. The van der Waals surface area contributed by atoms with E-state index >= 15 is 0 Å². The van der Waals surface area contributed by atoms with Crippen molar-refractivity contribution < 1.29 is 5.11 Å². The Hall–Kier alpha value is -0.120. The molecule has 0 amide bonds. The van der Waals surface area contributed by atoms with Crippen LogP contribution in [0.4, 0.5) is 0 Å². The van der Waals surface area contributed by atoms with Crippen molar-refractivity contribution in [1.29, 1.82) is 0 Å².